The number of unbranched alkanes of at least 4 members (excludes halogenated alkanes) is 15. The number of aliphatic hydroxyl groups excluding tert-OH is 2. The molecule has 2 unspecified atom stereocenters. The summed E-state index contributed by atoms with van der Waals surface area (Å²) in [5.41, 5.74) is 0. The first-order valence-electron chi connectivity index (χ1n) is 13.6. The Labute approximate surface area is 212 Å². The van der Waals surface area contributed by atoms with Gasteiger partial charge in [-0.3, -0.25) is 9.28 Å². The predicted molar refractivity (Wildman–Crippen MR) is 137 cm³/mol. The third-order valence-corrected chi connectivity index (χ3v) is 6.69. The van der Waals surface area contributed by atoms with Crippen LogP contribution < -0.4 is 12.4 Å². The zero-order valence-electron chi connectivity index (χ0n) is 22.7. The molecule has 0 bridgehead atoms. The highest BCUT2D eigenvalue weighted by Gasteiger charge is 2.31. The van der Waals surface area contributed by atoms with E-state index in [1.54, 1.807) is 13.8 Å². The fourth-order valence-electron chi connectivity index (χ4n) is 3.83. The normalized spacial score (nSPS) is 14.4. The summed E-state index contributed by atoms with van der Waals surface area (Å²) in [6.07, 6.45) is 21.3. The van der Waals surface area contributed by atoms with Crippen LogP contribution in [0.3, 0.4) is 0 Å². The summed E-state index contributed by atoms with van der Waals surface area (Å²) in [4.78, 5) is 10.3. The standard InChI is InChI=1S/C18H36O2.C9H22NO2.ClH/c1-2-3-4-5-6-7-8-9-10-11-12-13-14-15-16-17-18(19)20;1-5-6-7-10(4,8(2)11)9(3)12;/h2-17H2,1H3,(H,19,20);8-9,11-12H,5-7H2,1-4H3;1H/q;+1;/p-1. The van der Waals surface area contributed by atoms with Crippen molar-refractivity contribution in [3.8, 4) is 0 Å². The van der Waals surface area contributed by atoms with Gasteiger partial charge in [-0.05, 0) is 12.8 Å². The third kappa shape index (κ3) is 24.6. The average Bonchev–Trinajstić information content (AvgIpc) is 2.74. The van der Waals surface area contributed by atoms with E-state index in [2.05, 4.69) is 13.8 Å². The first kappa shape index (κ1) is 37.2. The lowest BCUT2D eigenvalue weighted by molar-refractivity contribution is -0.990. The van der Waals surface area contributed by atoms with E-state index in [9.17, 15) is 15.0 Å². The molecule has 3 N–H and O–H groups in total. The largest absolute Gasteiger partial charge is 1.00 e. The van der Waals surface area contributed by atoms with Crippen molar-refractivity contribution in [2.24, 2.45) is 0 Å². The maximum Gasteiger partial charge on any atom is 0.303 e. The molecule has 0 saturated carbocycles. The molecule has 0 heterocycles. The molecule has 0 radical (unpaired) electrons. The molecule has 0 saturated heterocycles. The number of quaternary nitrogens is 1. The van der Waals surface area contributed by atoms with Gasteiger partial charge >= 0.3 is 5.97 Å². The molecular weight excluding hydrogens is 438 g/mol. The zero-order chi connectivity index (χ0) is 24.7. The molecule has 5 nitrogen and oxygen atoms in total. The summed E-state index contributed by atoms with van der Waals surface area (Å²) in [5.74, 6) is -0.653. The summed E-state index contributed by atoms with van der Waals surface area (Å²) >= 11 is 0. The van der Waals surface area contributed by atoms with E-state index in [4.69, 9.17) is 5.11 Å². The van der Waals surface area contributed by atoms with Crippen molar-refractivity contribution in [2.45, 2.75) is 156 Å². The van der Waals surface area contributed by atoms with Gasteiger partial charge in [0.1, 0.15) is 0 Å². The minimum Gasteiger partial charge on any atom is -1.00 e. The van der Waals surface area contributed by atoms with Crippen LogP contribution in [0.1, 0.15) is 143 Å². The number of halogens is 1. The number of carboxylic acids is 1. The molecule has 0 spiro atoms. The maximum atomic E-state index is 10.3. The van der Waals surface area contributed by atoms with Crippen molar-refractivity contribution in [2.75, 3.05) is 13.6 Å². The predicted octanol–water partition coefficient (Wildman–Crippen LogP) is 4.25. The van der Waals surface area contributed by atoms with E-state index in [0.717, 1.165) is 32.2 Å². The molecule has 0 aliphatic rings. The van der Waals surface area contributed by atoms with Gasteiger partial charge in [-0.1, -0.05) is 110 Å². The van der Waals surface area contributed by atoms with E-state index in [1.807, 2.05) is 7.05 Å². The van der Waals surface area contributed by atoms with Gasteiger partial charge in [0.05, 0.1) is 13.6 Å². The minimum atomic E-state index is -0.653. The van der Waals surface area contributed by atoms with E-state index >= 15 is 0 Å². The first-order chi connectivity index (χ1) is 15.2. The van der Waals surface area contributed by atoms with Gasteiger partial charge in [-0.15, -0.1) is 0 Å². The van der Waals surface area contributed by atoms with Gasteiger partial charge in [-0.2, -0.15) is 0 Å². The average molecular weight is 496 g/mol. The summed E-state index contributed by atoms with van der Waals surface area (Å²) < 4.78 is 0.327. The van der Waals surface area contributed by atoms with Crippen LogP contribution in [0.15, 0.2) is 0 Å². The smallest absolute Gasteiger partial charge is 0.303 e. The van der Waals surface area contributed by atoms with Crippen LogP contribution in [0, 0.1) is 0 Å². The highest BCUT2D eigenvalue weighted by atomic mass is 35.5. The Morgan fingerprint density at radius 2 is 0.939 bits per heavy atom. The molecule has 6 heteroatoms. The number of nitrogens with zero attached hydrogens (tertiary/aromatic N) is 1. The van der Waals surface area contributed by atoms with Crippen LogP contribution in [0.2, 0.25) is 0 Å². The molecule has 33 heavy (non-hydrogen) atoms. The van der Waals surface area contributed by atoms with Crippen LogP contribution in [0.25, 0.3) is 0 Å². The fraction of sp³-hybridized carbons (Fsp3) is 0.963. The number of aliphatic hydroxyl groups is 2. The first-order valence-corrected chi connectivity index (χ1v) is 13.6. The molecule has 2 atom stereocenters. The fourth-order valence-corrected chi connectivity index (χ4v) is 3.83. The van der Waals surface area contributed by atoms with Gasteiger partial charge in [0.25, 0.3) is 0 Å². The Morgan fingerprint density at radius 1 is 0.636 bits per heavy atom. The van der Waals surface area contributed by atoms with Gasteiger partial charge < -0.3 is 27.7 Å². The lowest BCUT2D eigenvalue weighted by Gasteiger charge is -2.39. The molecule has 0 rings (SSSR count). The van der Waals surface area contributed by atoms with Crippen LogP contribution in [0.4, 0.5) is 0 Å². The lowest BCUT2D eigenvalue weighted by atomic mass is 10.0. The van der Waals surface area contributed by atoms with Crippen LogP contribution >= 0.6 is 0 Å². The monoisotopic (exact) mass is 495 g/mol. The van der Waals surface area contributed by atoms with Crippen LogP contribution in [0.5, 0.6) is 0 Å². The minimum absolute atomic E-state index is 0. The Bertz CT molecular complexity index is 398. The molecule has 0 amide bonds. The Morgan fingerprint density at radius 3 is 1.21 bits per heavy atom. The maximum absolute atomic E-state index is 10.3. The number of rotatable bonds is 21. The van der Waals surface area contributed by atoms with E-state index in [1.165, 1.54) is 83.5 Å². The van der Waals surface area contributed by atoms with Crippen molar-refractivity contribution < 1.29 is 37.0 Å². The number of aliphatic carboxylic acids is 1. The molecule has 0 aromatic rings. The number of hydrogen-bond donors (Lipinski definition) is 3. The number of hydrogen-bond acceptors (Lipinski definition) is 3. The second-order valence-corrected chi connectivity index (χ2v) is 9.78. The molecule has 202 valence electrons. The Balaban J connectivity index is -0.000000596. The zero-order valence-corrected chi connectivity index (χ0v) is 23.4. The van der Waals surface area contributed by atoms with Gasteiger partial charge in [0, 0.05) is 20.3 Å². The molecule has 0 aromatic carbocycles. The summed E-state index contributed by atoms with van der Waals surface area (Å²) in [6.45, 7) is 8.65. The van der Waals surface area contributed by atoms with Gasteiger partial charge in [0.15, 0.2) is 12.5 Å². The van der Waals surface area contributed by atoms with Crippen LogP contribution in [-0.4, -0.2) is 51.8 Å². The molecular formula is C27H58ClNO4. The quantitative estimate of drug-likeness (QED) is 0.126. The SMILES string of the molecule is CCCCCCCCCCCCCCCCCC(=O)O.CCCC[N+](C)(C(C)O)C(C)O.[Cl-]. The van der Waals surface area contributed by atoms with Crippen molar-refractivity contribution in [1.82, 2.24) is 0 Å². The highest BCUT2D eigenvalue weighted by molar-refractivity contribution is 5.66. The lowest BCUT2D eigenvalue weighted by Crippen LogP contribution is -3.00. The molecule has 0 aliphatic carbocycles. The Kier molecular flexibility index (Phi) is 29.6. The van der Waals surface area contributed by atoms with Crippen molar-refractivity contribution in [1.29, 1.82) is 0 Å². The van der Waals surface area contributed by atoms with E-state index < -0.39 is 18.4 Å². The van der Waals surface area contributed by atoms with Crippen molar-refractivity contribution in [3.05, 3.63) is 0 Å². The number of carboxylic acid groups (broad SMARTS) is 1. The molecule has 0 aliphatic heterocycles. The Hall–Kier alpha value is -0.360. The summed E-state index contributed by atoms with van der Waals surface area (Å²) in [7, 11) is 1.88. The van der Waals surface area contributed by atoms with E-state index in [0.29, 0.717) is 10.9 Å². The van der Waals surface area contributed by atoms with Gasteiger partial charge in [-0.25, -0.2) is 0 Å². The van der Waals surface area contributed by atoms with Gasteiger partial charge in [0.2, 0.25) is 0 Å². The van der Waals surface area contributed by atoms with Crippen molar-refractivity contribution >= 4 is 5.97 Å². The summed E-state index contributed by atoms with van der Waals surface area (Å²) in [5, 5.41) is 27.5. The second-order valence-electron chi connectivity index (χ2n) is 9.78. The molecule has 0 fully saturated rings. The molecule has 0 aromatic heterocycles. The van der Waals surface area contributed by atoms with Crippen molar-refractivity contribution in [3.63, 3.8) is 0 Å². The van der Waals surface area contributed by atoms with E-state index in [-0.39, 0.29) is 12.4 Å². The highest BCUT2D eigenvalue weighted by Crippen LogP contribution is 2.15. The third-order valence-electron chi connectivity index (χ3n) is 6.69. The number of carbonyl (C=O) groups is 1. The second kappa shape index (κ2) is 26.2. The van der Waals surface area contributed by atoms with Crippen LogP contribution in [-0.2, 0) is 4.79 Å². The topological polar surface area (TPSA) is 77.8 Å². The summed E-state index contributed by atoms with van der Waals surface area (Å²) in [6, 6.07) is 0.